The Morgan fingerprint density at radius 2 is 1.82 bits per heavy atom. The molecule has 0 aliphatic carbocycles. The van der Waals surface area contributed by atoms with Gasteiger partial charge in [0.15, 0.2) is 0 Å². The van der Waals surface area contributed by atoms with Gasteiger partial charge in [-0.2, -0.15) is 0 Å². The van der Waals surface area contributed by atoms with Gasteiger partial charge in [0.25, 0.3) is 0 Å². The van der Waals surface area contributed by atoms with Crippen LogP contribution < -0.4 is 5.73 Å². The van der Waals surface area contributed by atoms with Crippen molar-refractivity contribution in [1.82, 2.24) is 0 Å². The molecule has 0 radical (unpaired) electrons. The fraction of sp³-hybridized carbons (Fsp3) is 0.143. The molecule has 17 heavy (non-hydrogen) atoms. The molecular formula is C14H15NOS. The lowest BCUT2D eigenvalue weighted by molar-refractivity contribution is 0.204. The van der Waals surface area contributed by atoms with Crippen LogP contribution in [-0.2, 0) is 0 Å². The minimum Gasteiger partial charge on any atom is -0.399 e. The first-order valence-corrected chi connectivity index (χ1v) is 6.45. The second kappa shape index (κ2) is 5.75. The van der Waals surface area contributed by atoms with Crippen molar-refractivity contribution in [3.05, 3.63) is 60.2 Å². The van der Waals surface area contributed by atoms with Crippen LogP contribution >= 0.6 is 11.8 Å². The van der Waals surface area contributed by atoms with Crippen LogP contribution in [-0.4, -0.2) is 10.9 Å². The molecule has 0 amide bonds. The summed E-state index contributed by atoms with van der Waals surface area (Å²) < 4.78 is 0. The zero-order chi connectivity index (χ0) is 12.1. The van der Waals surface area contributed by atoms with Crippen LogP contribution in [0.15, 0.2) is 59.5 Å². The number of hydrogen-bond donors (Lipinski definition) is 2. The molecule has 2 nitrogen and oxygen atoms in total. The van der Waals surface area contributed by atoms with Crippen molar-refractivity contribution >= 4 is 17.4 Å². The molecule has 0 aromatic heterocycles. The van der Waals surface area contributed by atoms with Crippen LogP contribution in [0.3, 0.4) is 0 Å². The Balaban J connectivity index is 1.95. The van der Waals surface area contributed by atoms with Crippen molar-refractivity contribution in [2.75, 3.05) is 11.5 Å². The minimum absolute atomic E-state index is 0.442. The van der Waals surface area contributed by atoms with E-state index in [2.05, 4.69) is 0 Å². The Bertz CT molecular complexity index is 473. The van der Waals surface area contributed by atoms with Crippen LogP contribution in [0.2, 0.25) is 0 Å². The number of nitrogens with two attached hydrogens (primary N) is 1. The van der Waals surface area contributed by atoms with Gasteiger partial charge in [0.05, 0.1) is 6.10 Å². The molecule has 3 heteroatoms. The zero-order valence-corrected chi connectivity index (χ0v) is 10.2. The summed E-state index contributed by atoms with van der Waals surface area (Å²) in [4.78, 5) is 1.08. The predicted octanol–water partition coefficient (Wildman–Crippen LogP) is 3.09. The van der Waals surface area contributed by atoms with Gasteiger partial charge >= 0.3 is 0 Å². The number of aliphatic hydroxyl groups excluding tert-OH is 1. The molecule has 0 saturated carbocycles. The summed E-state index contributed by atoms with van der Waals surface area (Å²) in [6.07, 6.45) is -0.442. The third-order valence-corrected chi connectivity index (χ3v) is 3.52. The lowest BCUT2D eigenvalue weighted by atomic mass is 10.1. The Morgan fingerprint density at radius 1 is 1.06 bits per heavy atom. The van der Waals surface area contributed by atoms with Crippen molar-refractivity contribution in [3.8, 4) is 0 Å². The van der Waals surface area contributed by atoms with E-state index in [0.717, 1.165) is 16.1 Å². The van der Waals surface area contributed by atoms with Crippen LogP contribution in [0, 0.1) is 0 Å². The van der Waals surface area contributed by atoms with E-state index >= 15 is 0 Å². The predicted molar refractivity (Wildman–Crippen MR) is 73.0 cm³/mol. The van der Waals surface area contributed by atoms with Crippen molar-refractivity contribution in [2.24, 2.45) is 0 Å². The van der Waals surface area contributed by atoms with Crippen molar-refractivity contribution < 1.29 is 5.11 Å². The van der Waals surface area contributed by atoms with E-state index < -0.39 is 6.10 Å². The smallest absolute Gasteiger partial charge is 0.0883 e. The van der Waals surface area contributed by atoms with Crippen LogP contribution in [0.25, 0.3) is 0 Å². The Morgan fingerprint density at radius 3 is 2.53 bits per heavy atom. The Kier molecular flexibility index (Phi) is 4.07. The van der Waals surface area contributed by atoms with E-state index in [-0.39, 0.29) is 0 Å². The van der Waals surface area contributed by atoms with E-state index in [1.807, 2.05) is 54.6 Å². The summed E-state index contributed by atoms with van der Waals surface area (Å²) in [6, 6.07) is 17.4. The first kappa shape index (κ1) is 12.0. The number of hydrogen-bond acceptors (Lipinski definition) is 3. The van der Waals surface area contributed by atoms with Gasteiger partial charge in [-0.25, -0.2) is 0 Å². The standard InChI is InChI=1S/C14H15NOS/c15-12-7-4-8-13(9-12)17-10-14(16)11-5-2-1-3-6-11/h1-9,14,16H,10,15H2. The molecule has 0 aliphatic heterocycles. The maximum absolute atomic E-state index is 10.00. The van der Waals surface area contributed by atoms with E-state index in [9.17, 15) is 5.11 Å². The van der Waals surface area contributed by atoms with E-state index in [1.165, 1.54) is 0 Å². The zero-order valence-electron chi connectivity index (χ0n) is 9.41. The van der Waals surface area contributed by atoms with Gasteiger partial charge in [0.2, 0.25) is 0 Å². The topological polar surface area (TPSA) is 46.2 Å². The van der Waals surface area contributed by atoms with Gasteiger partial charge in [0, 0.05) is 16.3 Å². The Hall–Kier alpha value is -1.45. The van der Waals surface area contributed by atoms with Crippen molar-refractivity contribution in [1.29, 1.82) is 0 Å². The van der Waals surface area contributed by atoms with Crippen molar-refractivity contribution in [3.63, 3.8) is 0 Å². The molecule has 0 bridgehead atoms. The molecule has 0 heterocycles. The van der Waals surface area contributed by atoms with Gasteiger partial charge in [-0.1, -0.05) is 36.4 Å². The summed E-state index contributed by atoms with van der Waals surface area (Å²) in [5.41, 5.74) is 7.40. The number of anilines is 1. The normalized spacial score (nSPS) is 12.3. The molecule has 88 valence electrons. The van der Waals surface area contributed by atoms with Crippen LogP contribution in [0.5, 0.6) is 0 Å². The largest absolute Gasteiger partial charge is 0.399 e. The fourth-order valence-electron chi connectivity index (χ4n) is 1.55. The van der Waals surface area contributed by atoms with Crippen LogP contribution in [0.4, 0.5) is 5.69 Å². The molecule has 3 N–H and O–H groups in total. The number of nitrogen functional groups attached to an aromatic ring is 1. The molecule has 1 unspecified atom stereocenters. The van der Waals surface area contributed by atoms with Gasteiger partial charge < -0.3 is 10.8 Å². The van der Waals surface area contributed by atoms with Gasteiger partial charge in [0.1, 0.15) is 0 Å². The third-order valence-electron chi connectivity index (χ3n) is 2.45. The number of benzene rings is 2. The summed E-state index contributed by atoms with van der Waals surface area (Å²) in [5.74, 6) is 0.632. The quantitative estimate of drug-likeness (QED) is 0.642. The summed E-state index contributed by atoms with van der Waals surface area (Å²) in [7, 11) is 0. The summed E-state index contributed by atoms with van der Waals surface area (Å²) >= 11 is 1.61. The third kappa shape index (κ3) is 3.51. The highest BCUT2D eigenvalue weighted by Gasteiger charge is 2.07. The van der Waals surface area contributed by atoms with E-state index in [4.69, 9.17) is 5.73 Å². The summed E-state index contributed by atoms with van der Waals surface area (Å²) in [6.45, 7) is 0. The molecule has 0 spiro atoms. The highest BCUT2D eigenvalue weighted by Crippen LogP contribution is 2.25. The average molecular weight is 245 g/mol. The molecule has 2 aromatic rings. The van der Waals surface area contributed by atoms with E-state index in [0.29, 0.717) is 5.75 Å². The second-order valence-electron chi connectivity index (χ2n) is 3.81. The molecule has 2 aromatic carbocycles. The van der Waals surface area contributed by atoms with Crippen LogP contribution in [0.1, 0.15) is 11.7 Å². The fourth-order valence-corrected chi connectivity index (χ4v) is 2.49. The Labute approximate surface area is 105 Å². The monoisotopic (exact) mass is 245 g/mol. The van der Waals surface area contributed by atoms with Gasteiger partial charge in [-0.05, 0) is 23.8 Å². The highest BCUT2D eigenvalue weighted by molar-refractivity contribution is 7.99. The molecule has 0 saturated heterocycles. The maximum Gasteiger partial charge on any atom is 0.0883 e. The number of thioether (sulfide) groups is 1. The molecule has 0 fully saturated rings. The van der Waals surface area contributed by atoms with E-state index in [1.54, 1.807) is 11.8 Å². The first-order chi connectivity index (χ1) is 8.25. The SMILES string of the molecule is Nc1cccc(SCC(O)c2ccccc2)c1. The average Bonchev–Trinajstić information content (AvgIpc) is 2.37. The molecule has 2 rings (SSSR count). The van der Waals surface area contributed by atoms with Crippen molar-refractivity contribution in [2.45, 2.75) is 11.0 Å². The lowest BCUT2D eigenvalue weighted by Crippen LogP contribution is -1.99. The lowest BCUT2D eigenvalue weighted by Gasteiger charge is -2.10. The molecular weight excluding hydrogens is 230 g/mol. The minimum atomic E-state index is -0.442. The highest BCUT2D eigenvalue weighted by atomic mass is 32.2. The van der Waals surface area contributed by atoms with Gasteiger partial charge in [-0.15, -0.1) is 11.8 Å². The van der Waals surface area contributed by atoms with Gasteiger partial charge in [-0.3, -0.25) is 0 Å². The second-order valence-corrected chi connectivity index (χ2v) is 4.90. The number of rotatable bonds is 4. The number of aliphatic hydroxyl groups is 1. The maximum atomic E-state index is 10.00. The molecule has 0 aliphatic rings. The first-order valence-electron chi connectivity index (χ1n) is 5.47. The molecule has 1 atom stereocenters. The summed E-state index contributed by atoms with van der Waals surface area (Å²) in [5, 5.41) is 10.00.